The minimum atomic E-state index is 0.225. The second-order valence-electron chi connectivity index (χ2n) is 5.04. The molecule has 0 atom stereocenters. The Morgan fingerprint density at radius 1 is 1.19 bits per heavy atom. The van der Waals surface area contributed by atoms with Gasteiger partial charge in [-0.05, 0) is 18.9 Å². The molecule has 0 saturated carbocycles. The van der Waals surface area contributed by atoms with Crippen molar-refractivity contribution in [1.29, 1.82) is 0 Å². The molecule has 0 fully saturated rings. The van der Waals surface area contributed by atoms with Crippen molar-refractivity contribution in [1.82, 2.24) is 5.32 Å². The second-order valence-corrected chi connectivity index (χ2v) is 5.04. The van der Waals surface area contributed by atoms with Gasteiger partial charge in [-0.1, -0.05) is 13.8 Å². The van der Waals surface area contributed by atoms with Crippen molar-refractivity contribution in [2.75, 3.05) is 27.1 Å². The SMILES string of the molecule is CCC(CC)Oc1cc2c(cc1CNCCOC)OCO2. The van der Waals surface area contributed by atoms with Crippen molar-refractivity contribution >= 4 is 0 Å². The Kier molecular flexibility index (Phi) is 6.14. The van der Waals surface area contributed by atoms with Crippen molar-refractivity contribution in [2.24, 2.45) is 0 Å². The van der Waals surface area contributed by atoms with Crippen molar-refractivity contribution in [3.63, 3.8) is 0 Å². The van der Waals surface area contributed by atoms with Gasteiger partial charge in [0, 0.05) is 31.8 Å². The van der Waals surface area contributed by atoms with Gasteiger partial charge in [0.25, 0.3) is 0 Å². The minimum Gasteiger partial charge on any atom is -0.490 e. The van der Waals surface area contributed by atoms with E-state index in [2.05, 4.69) is 19.2 Å². The molecular formula is C16H25NO4. The lowest BCUT2D eigenvalue weighted by Crippen LogP contribution is -2.20. The molecule has 5 heteroatoms. The van der Waals surface area contributed by atoms with Gasteiger partial charge in [0.1, 0.15) is 5.75 Å². The highest BCUT2D eigenvalue weighted by atomic mass is 16.7. The van der Waals surface area contributed by atoms with Crippen LogP contribution >= 0.6 is 0 Å². The zero-order valence-corrected chi connectivity index (χ0v) is 13.1. The summed E-state index contributed by atoms with van der Waals surface area (Å²) in [6, 6.07) is 3.94. The van der Waals surface area contributed by atoms with Crippen molar-refractivity contribution in [3.05, 3.63) is 17.7 Å². The summed E-state index contributed by atoms with van der Waals surface area (Å²) in [6.45, 7) is 6.76. The molecule has 1 aromatic carbocycles. The Bertz CT molecular complexity index is 446. The smallest absolute Gasteiger partial charge is 0.231 e. The van der Waals surface area contributed by atoms with E-state index in [9.17, 15) is 0 Å². The zero-order valence-electron chi connectivity index (χ0n) is 13.1. The summed E-state index contributed by atoms with van der Waals surface area (Å²) >= 11 is 0. The fourth-order valence-electron chi connectivity index (χ4n) is 2.25. The van der Waals surface area contributed by atoms with Gasteiger partial charge >= 0.3 is 0 Å². The van der Waals surface area contributed by atoms with Gasteiger partial charge in [-0.3, -0.25) is 0 Å². The summed E-state index contributed by atoms with van der Waals surface area (Å²) in [7, 11) is 1.70. The third kappa shape index (κ3) is 4.25. The Morgan fingerprint density at radius 2 is 1.90 bits per heavy atom. The van der Waals surface area contributed by atoms with Gasteiger partial charge < -0.3 is 24.3 Å². The fraction of sp³-hybridized carbons (Fsp3) is 0.625. The molecular weight excluding hydrogens is 270 g/mol. The molecule has 0 unspecified atom stereocenters. The Balaban J connectivity index is 2.11. The average molecular weight is 295 g/mol. The lowest BCUT2D eigenvalue weighted by molar-refractivity contribution is 0.173. The van der Waals surface area contributed by atoms with Crippen LogP contribution in [0.2, 0.25) is 0 Å². The molecule has 118 valence electrons. The first kappa shape index (κ1) is 15.9. The minimum absolute atomic E-state index is 0.225. The molecule has 1 heterocycles. The van der Waals surface area contributed by atoms with E-state index in [1.54, 1.807) is 7.11 Å². The quantitative estimate of drug-likeness (QED) is 0.710. The molecule has 5 nitrogen and oxygen atoms in total. The molecule has 0 bridgehead atoms. The summed E-state index contributed by atoms with van der Waals surface area (Å²) in [5.74, 6) is 2.42. The highest BCUT2D eigenvalue weighted by molar-refractivity contribution is 5.51. The first-order valence-corrected chi connectivity index (χ1v) is 7.57. The van der Waals surface area contributed by atoms with Crippen LogP contribution in [-0.4, -0.2) is 33.2 Å². The number of benzene rings is 1. The Hall–Kier alpha value is -1.46. The van der Waals surface area contributed by atoms with Crippen molar-refractivity contribution < 1.29 is 18.9 Å². The van der Waals surface area contributed by atoms with Crippen molar-refractivity contribution in [3.8, 4) is 17.2 Å². The molecule has 21 heavy (non-hydrogen) atoms. The van der Waals surface area contributed by atoms with Crippen LogP contribution in [0.25, 0.3) is 0 Å². The maximum atomic E-state index is 6.12. The number of methoxy groups -OCH3 is 1. The molecule has 1 N–H and O–H groups in total. The standard InChI is InChI=1S/C16H25NO4/c1-4-13(5-2)21-14-9-16-15(19-11-20-16)8-12(14)10-17-6-7-18-3/h8-9,13,17H,4-7,10-11H2,1-3H3. The molecule has 0 saturated heterocycles. The van der Waals surface area contributed by atoms with Gasteiger partial charge in [0.2, 0.25) is 6.79 Å². The van der Waals surface area contributed by atoms with E-state index in [1.807, 2.05) is 12.1 Å². The predicted molar refractivity (Wildman–Crippen MR) is 81.1 cm³/mol. The van der Waals surface area contributed by atoms with Gasteiger partial charge in [0.15, 0.2) is 11.5 Å². The number of fused-ring (bicyclic) bond motifs is 1. The van der Waals surface area contributed by atoms with Crippen LogP contribution in [0.5, 0.6) is 17.2 Å². The monoisotopic (exact) mass is 295 g/mol. The van der Waals surface area contributed by atoms with Crippen LogP contribution in [0.4, 0.5) is 0 Å². The average Bonchev–Trinajstić information content (AvgIpc) is 2.96. The van der Waals surface area contributed by atoms with Gasteiger partial charge in [-0.15, -0.1) is 0 Å². The zero-order chi connectivity index (χ0) is 15.1. The molecule has 1 aliphatic heterocycles. The predicted octanol–water partition coefficient (Wildman–Crippen LogP) is 2.72. The first-order valence-electron chi connectivity index (χ1n) is 7.57. The van der Waals surface area contributed by atoms with E-state index in [1.165, 1.54) is 0 Å². The maximum Gasteiger partial charge on any atom is 0.231 e. The molecule has 2 rings (SSSR count). The Morgan fingerprint density at radius 3 is 2.57 bits per heavy atom. The molecule has 0 radical (unpaired) electrons. The van der Waals surface area contributed by atoms with E-state index < -0.39 is 0 Å². The summed E-state index contributed by atoms with van der Waals surface area (Å²) < 4.78 is 22.1. The third-order valence-electron chi connectivity index (χ3n) is 3.56. The van der Waals surface area contributed by atoms with Crippen LogP contribution in [0.15, 0.2) is 12.1 Å². The van der Waals surface area contributed by atoms with Crippen LogP contribution in [0.1, 0.15) is 32.3 Å². The number of hydrogen-bond acceptors (Lipinski definition) is 5. The molecule has 1 aromatic rings. The lowest BCUT2D eigenvalue weighted by Gasteiger charge is -2.19. The normalized spacial score (nSPS) is 13.0. The number of ether oxygens (including phenoxy) is 4. The van der Waals surface area contributed by atoms with Crippen LogP contribution < -0.4 is 19.5 Å². The van der Waals surface area contributed by atoms with E-state index in [-0.39, 0.29) is 12.9 Å². The summed E-state index contributed by atoms with van der Waals surface area (Å²) in [5, 5.41) is 3.34. The fourth-order valence-corrected chi connectivity index (χ4v) is 2.25. The van der Waals surface area contributed by atoms with Gasteiger partial charge in [-0.25, -0.2) is 0 Å². The van der Waals surface area contributed by atoms with Gasteiger partial charge in [-0.2, -0.15) is 0 Å². The molecule has 0 amide bonds. The number of hydrogen-bond donors (Lipinski definition) is 1. The van der Waals surface area contributed by atoms with E-state index in [0.29, 0.717) is 6.61 Å². The Labute approximate surface area is 126 Å². The summed E-state index contributed by atoms with van der Waals surface area (Å²) in [4.78, 5) is 0. The highest BCUT2D eigenvalue weighted by Crippen LogP contribution is 2.38. The van der Waals surface area contributed by atoms with E-state index >= 15 is 0 Å². The summed E-state index contributed by atoms with van der Waals surface area (Å²) in [6.07, 6.45) is 2.20. The topological polar surface area (TPSA) is 49.0 Å². The number of nitrogens with one attached hydrogen (secondary N) is 1. The molecule has 0 aliphatic carbocycles. The molecule has 1 aliphatic rings. The first-order chi connectivity index (χ1) is 10.3. The second kappa shape index (κ2) is 8.10. The maximum absolute atomic E-state index is 6.12. The lowest BCUT2D eigenvalue weighted by atomic mass is 10.1. The van der Waals surface area contributed by atoms with Crippen molar-refractivity contribution in [2.45, 2.75) is 39.3 Å². The molecule has 0 aromatic heterocycles. The third-order valence-corrected chi connectivity index (χ3v) is 3.56. The van der Waals surface area contributed by atoms with Crippen LogP contribution in [0.3, 0.4) is 0 Å². The highest BCUT2D eigenvalue weighted by Gasteiger charge is 2.19. The van der Waals surface area contributed by atoms with E-state index in [4.69, 9.17) is 18.9 Å². The van der Waals surface area contributed by atoms with Crippen LogP contribution in [-0.2, 0) is 11.3 Å². The van der Waals surface area contributed by atoms with E-state index in [0.717, 1.165) is 48.7 Å². The summed E-state index contributed by atoms with van der Waals surface area (Å²) in [5.41, 5.74) is 1.09. The van der Waals surface area contributed by atoms with Crippen LogP contribution in [0, 0.1) is 0 Å². The number of rotatable bonds is 9. The molecule has 0 spiro atoms. The van der Waals surface area contributed by atoms with Gasteiger partial charge in [0.05, 0.1) is 12.7 Å². The largest absolute Gasteiger partial charge is 0.490 e.